The van der Waals surface area contributed by atoms with E-state index in [0.717, 1.165) is 17.4 Å². The van der Waals surface area contributed by atoms with E-state index in [-0.39, 0.29) is 15.7 Å². The zero-order valence-corrected chi connectivity index (χ0v) is 11.4. The molecule has 1 amide bonds. The van der Waals surface area contributed by atoms with Crippen LogP contribution < -0.4 is 16.4 Å². The number of thiazole rings is 1. The highest BCUT2D eigenvalue weighted by molar-refractivity contribution is 7.18. The van der Waals surface area contributed by atoms with Crippen molar-refractivity contribution in [1.29, 1.82) is 0 Å². The predicted molar refractivity (Wildman–Crippen MR) is 75.4 cm³/mol. The summed E-state index contributed by atoms with van der Waals surface area (Å²) in [6, 6.07) is 4.00. The van der Waals surface area contributed by atoms with E-state index in [2.05, 4.69) is 15.6 Å². The highest BCUT2D eigenvalue weighted by Crippen LogP contribution is 2.26. The molecule has 1 aromatic heterocycles. The monoisotopic (exact) mass is 300 g/mol. The van der Waals surface area contributed by atoms with Crippen LogP contribution in [0, 0.1) is 5.82 Å². The van der Waals surface area contributed by atoms with Crippen LogP contribution in [0.4, 0.5) is 21.0 Å². The Kier molecular flexibility index (Phi) is 3.87. The lowest BCUT2D eigenvalue weighted by atomic mass is 10.3. The number of rotatable bonds is 3. The molecule has 19 heavy (non-hydrogen) atoms. The summed E-state index contributed by atoms with van der Waals surface area (Å²) in [5.41, 5.74) is 5.93. The normalized spacial score (nSPS) is 10.3. The standard InChI is InChI=1S/C11H10ClFN4OS/c1-15-11-17-9(14)8(19-11)10(18)16-5-2-3-6(12)7(13)4-5/h2-4H,14H2,1H3,(H,15,17)(H,16,18). The largest absolute Gasteiger partial charge is 0.382 e. The number of benzene rings is 1. The highest BCUT2D eigenvalue weighted by Gasteiger charge is 2.16. The molecule has 5 nitrogen and oxygen atoms in total. The van der Waals surface area contributed by atoms with E-state index in [1.54, 1.807) is 7.05 Å². The van der Waals surface area contributed by atoms with Crippen molar-refractivity contribution in [3.8, 4) is 0 Å². The Morgan fingerprint density at radius 3 is 2.84 bits per heavy atom. The van der Waals surface area contributed by atoms with Crippen molar-refractivity contribution < 1.29 is 9.18 Å². The zero-order valence-electron chi connectivity index (χ0n) is 9.83. The number of nitrogen functional groups attached to an aromatic ring is 1. The van der Waals surface area contributed by atoms with E-state index in [1.165, 1.54) is 12.1 Å². The van der Waals surface area contributed by atoms with Gasteiger partial charge in [0.2, 0.25) is 0 Å². The molecule has 2 aromatic rings. The molecule has 0 fully saturated rings. The van der Waals surface area contributed by atoms with Crippen molar-refractivity contribution in [3.05, 3.63) is 33.9 Å². The number of anilines is 3. The fourth-order valence-electron chi connectivity index (χ4n) is 1.36. The average Bonchev–Trinajstić information content (AvgIpc) is 2.75. The van der Waals surface area contributed by atoms with Crippen LogP contribution in [0.25, 0.3) is 0 Å². The van der Waals surface area contributed by atoms with Crippen molar-refractivity contribution in [2.45, 2.75) is 0 Å². The van der Waals surface area contributed by atoms with E-state index in [0.29, 0.717) is 10.8 Å². The van der Waals surface area contributed by atoms with Gasteiger partial charge in [-0.2, -0.15) is 0 Å². The number of carbonyl (C=O) groups excluding carboxylic acids is 1. The summed E-state index contributed by atoms with van der Waals surface area (Å²) in [6.45, 7) is 0. The van der Waals surface area contributed by atoms with E-state index < -0.39 is 11.7 Å². The molecule has 0 aliphatic heterocycles. The number of halogens is 2. The van der Waals surface area contributed by atoms with Crippen LogP contribution in [0.1, 0.15) is 9.67 Å². The number of amides is 1. The lowest BCUT2D eigenvalue weighted by Gasteiger charge is -2.04. The minimum atomic E-state index is -0.604. The number of nitrogens with two attached hydrogens (primary N) is 1. The summed E-state index contributed by atoms with van der Waals surface area (Å²) in [6.07, 6.45) is 0. The second-order valence-electron chi connectivity index (χ2n) is 3.57. The first kappa shape index (κ1) is 13.6. The Labute approximate surface area is 117 Å². The third kappa shape index (κ3) is 2.94. The molecular weight excluding hydrogens is 291 g/mol. The van der Waals surface area contributed by atoms with Crippen molar-refractivity contribution in [2.75, 3.05) is 23.4 Å². The third-order valence-corrected chi connectivity index (χ3v) is 3.64. The minimum absolute atomic E-state index is 0.00669. The molecule has 0 radical (unpaired) electrons. The van der Waals surface area contributed by atoms with Crippen LogP contribution in [-0.4, -0.2) is 17.9 Å². The first-order valence-electron chi connectivity index (χ1n) is 5.21. The predicted octanol–water partition coefficient (Wildman–Crippen LogP) is 2.81. The van der Waals surface area contributed by atoms with E-state index in [1.807, 2.05) is 0 Å². The minimum Gasteiger partial charge on any atom is -0.382 e. The maximum absolute atomic E-state index is 13.2. The van der Waals surface area contributed by atoms with Crippen LogP contribution in [0.5, 0.6) is 0 Å². The molecule has 1 aromatic carbocycles. The molecule has 0 spiro atoms. The van der Waals surface area contributed by atoms with Crippen LogP contribution in [0.3, 0.4) is 0 Å². The van der Waals surface area contributed by atoms with Crippen LogP contribution >= 0.6 is 22.9 Å². The van der Waals surface area contributed by atoms with Gasteiger partial charge in [-0.05, 0) is 18.2 Å². The molecule has 0 aliphatic carbocycles. The van der Waals surface area contributed by atoms with Gasteiger partial charge in [-0.3, -0.25) is 4.79 Å². The van der Waals surface area contributed by atoms with Gasteiger partial charge in [-0.15, -0.1) is 0 Å². The molecule has 0 saturated heterocycles. The van der Waals surface area contributed by atoms with E-state index in [9.17, 15) is 9.18 Å². The molecule has 4 N–H and O–H groups in total. The van der Waals surface area contributed by atoms with Gasteiger partial charge in [0, 0.05) is 12.7 Å². The number of hydrogen-bond donors (Lipinski definition) is 3. The molecule has 0 unspecified atom stereocenters. The van der Waals surface area contributed by atoms with E-state index >= 15 is 0 Å². The maximum atomic E-state index is 13.2. The van der Waals surface area contributed by atoms with Gasteiger partial charge in [-0.25, -0.2) is 9.37 Å². The summed E-state index contributed by atoms with van der Waals surface area (Å²) in [5, 5.41) is 5.85. The van der Waals surface area contributed by atoms with Gasteiger partial charge in [0.1, 0.15) is 16.5 Å². The van der Waals surface area contributed by atoms with E-state index in [4.69, 9.17) is 17.3 Å². The van der Waals surface area contributed by atoms with Gasteiger partial charge in [0.15, 0.2) is 5.13 Å². The first-order chi connectivity index (χ1) is 9.01. The van der Waals surface area contributed by atoms with Crippen molar-refractivity contribution in [1.82, 2.24) is 4.98 Å². The number of nitrogens with one attached hydrogen (secondary N) is 2. The van der Waals surface area contributed by atoms with Gasteiger partial charge in [0.25, 0.3) is 5.91 Å². The quantitative estimate of drug-likeness (QED) is 0.814. The molecule has 2 rings (SSSR count). The van der Waals surface area contributed by atoms with Crippen molar-refractivity contribution in [2.24, 2.45) is 0 Å². The summed E-state index contributed by atoms with van der Waals surface area (Å²) in [5.74, 6) is -0.924. The molecule has 1 heterocycles. The lowest BCUT2D eigenvalue weighted by Crippen LogP contribution is -2.12. The van der Waals surface area contributed by atoms with Crippen molar-refractivity contribution >= 4 is 45.5 Å². The zero-order chi connectivity index (χ0) is 14.0. The maximum Gasteiger partial charge on any atom is 0.269 e. The van der Waals surface area contributed by atoms with Crippen LogP contribution in [0.2, 0.25) is 5.02 Å². The summed E-state index contributed by atoms with van der Waals surface area (Å²) >= 11 is 6.67. The Hall–Kier alpha value is -1.86. The van der Waals surface area contributed by atoms with Crippen molar-refractivity contribution in [3.63, 3.8) is 0 Å². The number of aromatic nitrogens is 1. The number of hydrogen-bond acceptors (Lipinski definition) is 5. The summed E-state index contributed by atoms with van der Waals surface area (Å²) in [7, 11) is 1.68. The summed E-state index contributed by atoms with van der Waals surface area (Å²) < 4.78 is 13.2. The Morgan fingerprint density at radius 2 is 2.26 bits per heavy atom. The SMILES string of the molecule is CNc1nc(N)c(C(=O)Nc2ccc(Cl)c(F)c2)s1. The first-order valence-corrected chi connectivity index (χ1v) is 6.41. The molecule has 8 heteroatoms. The fraction of sp³-hybridized carbons (Fsp3) is 0.0909. The summed E-state index contributed by atoms with van der Waals surface area (Å²) in [4.78, 5) is 16.2. The topological polar surface area (TPSA) is 80.0 Å². The van der Waals surface area contributed by atoms with Gasteiger partial charge in [0.05, 0.1) is 5.02 Å². The average molecular weight is 301 g/mol. The third-order valence-electron chi connectivity index (χ3n) is 2.25. The Morgan fingerprint density at radius 1 is 1.53 bits per heavy atom. The lowest BCUT2D eigenvalue weighted by molar-refractivity contribution is 0.103. The Balaban J connectivity index is 2.20. The fourth-order valence-corrected chi connectivity index (χ4v) is 2.21. The molecule has 0 bridgehead atoms. The molecule has 100 valence electrons. The van der Waals surface area contributed by atoms with Gasteiger partial charge >= 0.3 is 0 Å². The second kappa shape index (κ2) is 5.41. The number of nitrogens with zero attached hydrogens (tertiary/aromatic N) is 1. The molecule has 0 saturated carbocycles. The molecule has 0 atom stereocenters. The van der Waals surface area contributed by atoms with Gasteiger partial charge < -0.3 is 16.4 Å². The highest BCUT2D eigenvalue weighted by atomic mass is 35.5. The van der Waals surface area contributed by atoms with Crippen LogP contribution in [-0.2, 0) is 0 Å². The smallest absolute Gasteiger partial charge is 0.269 e. The van der Waals surface area contributed by atoms with Gasteiger partial charge in [-0.1, -0.05) is 22.9 Å². The van der Waals surface area contributed by atoms with Crippen LogP contribution in [0.15, 0.2) is 18.2 Å². The second-order valence-corrected chi connectivity index (χ2v) is 4.97. The molecular formula is C11H10ClFN4OS. The molecule has 0 aliphatic rings. The Bertz CT molecular complexity index is 631. The number of carbonyl (C=O) groups is 1.